The van der Waals surface area contributed by atoms with Gasteiger partial charge in [0.15, 0.2) is 0 Å². The van der Waals surface area contributed by atoms with Crippen molar-refractivity contribution in [3.8, 4) is 11.4 Å². The molecule has 0 spiro atoms. The molecule has 3 nitrogen and oxygen atoms in total. The molecule has 0 aliphatic heterocycles. The number of benzene rings is 3. The third-order valence-electron chi connectivity index (χ3n) is 4.13. The minimum Gasteiger partial charge on any atom is -0.288 e. The van der Waals surface area contributed by atoms with Crippen molar-refractivity contribution in [3.05, 3.63) is 99.8 Å². The number of nitrogens with zero attached hydrogens (tertiary/aromatic N) is 2. The lowest BCUT2D eigenvalue weighted by molar-refractivity contribution is 0.759. The van der Waals surface area contributed by atoms with Crippen LogP contribution in [-0.2, 0) is 6.54 Å². The van der Waals surface area contributed by atoms with Gasteiger partial charge in [-0.15, -0.1) is 0 Å². The van der Waals surface area contributed by atoms with Crippen molar-refractivity contribution in [2.45, 2.75) is 6.54 Å². The maximum absolute atomic E-state index is 13.1. The predicted octanol–water partition coefficient (Wildman–Crippen LogP) is 4.77. The van der Waals surface area contributed by atoms with E-state index in [-0.39, 0.29) is 5.56 Å². The molecule has 1 aromatic heterocycles. The Kier molecular flexibility index (Phi) is 4.08. The third-order valence-corrected chi connectivity index (χ3v) is 4.37. The van der Waals surface area contributed by atoms with Crippen LogP contribution in [-0.4, -0.2) is 9.55 Å². The van der Waals surface area contributed by atoms with Crippen molar-refractivity contribution in [1.29, 1.82) is 0 Å². The van der Waals surface area contributed by atoms with Crippen molar-refractivity contribution < 1.29 is 0 Å². The Bertz CT molecular complexity index is 1090. The lowest BCUT2D eigenvalue weighted by Gasteiger charge is -2.14. The van der Waals surface area contributed by atoms with Gasteiger partial charge in [0, 0.05) is 10.6 Å². The molecule has 122 valence electrons. The highest BCUT2D eigenvalue weighted by Crippen LogP contribution is 2.21. The van der Waals surface area contributed by atoms with Crippen LogP contribution >= 0.6 is 11.6 Å². The maximum Gasteiger partial charge on any atom is 0.262 e. The summed E-state index contributed by atoms with van der Waals surface area (Å²) in [6.07, 6.45) is 0. The van der Waals surface area contributed by atoms with Gasteiger partial charge in [-0.2, -0.15) is 0 Å². The van der Waals surface area contributed by atoms with Gasteiger partial charge >= 0.3 is 0 Å². The normalized spacial score (nSPS) is 10.9. The summed E-state index contributed by atoms with van der Waals surface area (Å²) in [6, 6.07) is 24.9. The molecule has 3 aromatic carbocycles. The average Bonchev–Trinajstić information content (AvgIpc) is 2.66. The van der Waals surface area contributed by atoms with Gasteiger partial charge < -0.3 is 0 Å². The Balaban J connectivity index is 2.00. The molecule has 0 amide bonds. The Labute approximate surface area is 150 Å². The molecule has 0 N–H and O–H groups in total. The second kappa shape index (κ2) is 6.54. The van der Waals surface area contributed by atoms with Gasteiger partial charge in [0.25, 0.3) is 5.56 Å². The smallest absolute Gasteiger partial charge is 0.262 e. The molecule has 25 heavy (non-hydrogen) atoms. The summed E-state index contributed by atoms with van der Waals surface area (Å²) >= 11 is 6.08. The lowest BCUT2D eigenvalue weighted by Crippen LogP contribution is -2.24. The van der Waals surface area contributed by atoms with Crippen LogP contribution in [0.1, 0.15) is 5.56 Å². The molecule has 0 aliphatic rings. The largest absolute Gasteiger partial charge is 0.288 e. The highest BCUT2D eigenvalue weighted by Gasteiger charge is 2.13. The zero-order valence-electron chi connectivity index (χ0n) is 13.4. The first kappa shape index (κ1) is 15.6. The molecule has 0 saturated heterocycles. The summed E-state index contributed by atoms with van der Waals surface area (Å²) in [7, 11) is 0. The van der Waals surface area contributed by atoms with Gasteiger partial charge in [-0.25, -0.2) is 4.98 Å². The number of aromatic nitrogens is 2. The molecular weight excluding hydrogens is 332 g/mol. The summed E-state index contributed by atoms with van der Waals surface area (Å²) in [6.45, 7) is 0.458. The Hall–Kier alpha value is -2.91. The van der Waals surface area contributed by atoms with Gasteiger partial charge in [0.05, 0.1) is 17.4 Å². The molecule has 1 heterocycles. The zero-order chi connectivity index (χ0) is 17.2. The van der Waals surface area contributed by atoms with E-state index in [1.807, 2.05) is 60.7 Å². The summed E-state index contributed by atoms with van der Waals surface area (Å²) in [5.74, 6) is 0.657. The Morgan fingerprint density at radius 2 is 1.56 bits per heavy atom. The van der Waals surface area contributed by atoms with Crippen molar-refractivity contribution in [2.24, 2.45) is 0 Å². The molecule has 0 atom stereocenters. The highest BCUT2D eigenvalue weighted by atomic mass is 35.5. The maximum atomic E-state index is 13.1. The standard InChI is InChI=1S/C21H15ClN2O/c22-17-11-12-19-18(13-17)21(25)24(14-15-7-3-1-4-8-15)20(23-19)16-9-5-2-6-10-16/h1-13H,14H2. The second-order valence-electron chi connectivity index (χ2n) is 5.84. The van der Waals surface area contributed by atoms with Crippen molar-refractivity contribution in [2.75, 3.05) is 0 Å². The van der Waals surface area contributed by atoms with Gasteiger partial charge in [-0.3, -0.25) is 9.36 Å². The fraction of sp³-hybridized carbons (Fsp3) is 0.0476. The van der Waals surface area contributed by atoms with E-state index in [0.717, 1.165) is 11.1 Å². The molecule has 4 heteroatoms. The zero-order valence-corrected chi connectivity index (χ0v) is 14.1. The quantitative estimate of drug-likeness (QED) is 0.536. The van der Waals surface area contributed by atoms with Crippen LogP contribution in [0, 0.1) is 0 Å². The number of fused-ring (bicyclic) bond motifs is 1. The molecular formula is C21H15ClN2O. The molecule has 0 saturated carbocycles. The molecule has 4 rings (SSSR count). The van der Waals surface area contributed by atoms with Crippen molar-refractivity contribution in [3.63, 3.8) is 0 Å². The van der Waals surface area contributed by atoms with Crippen LogP contribution in [0.15, 0.2) is 83.7 Å². The summed E-state index contributed by atoms with van der Waals surface area (Å²) in [5.41, 5.74) is 2.52. The summed E-state index contributed by atoms with van der Waals surface area (Å²) in [5, 5.41) is 1.06. The van der Waals surface area contributed by atoms with E-state index in [9.17, 15) is 4.79 Å². The van der Waals surface area contributed by atoms with Crippen molar-refractivity contribution >= 4 is 22.5 Å². The fourth-order valence-electron chi connectivity index (χ4n) is 2.91. The first-order valence-corrected chi connectivity index (χ1v) is 8.39. The Morgan fingerprint density at radius 3 is 2.28 bits per heavy atom. The number of hydrogen-bond acceptors (Lipinski definition) is 2. The number of rotatable bonds is 3. The minimum absolute atomic E-state index is 0.0878. The minimum atomic E-state index is -0.0878. The van der Waals surface area contributed by atoms with E-state index in [0.29, 0.717) is 28.3 Å². The van der Waals surface area contributed by atoms with Crippen LogP contribution in [0.5, 0.6) is 0 Å². The van der Waals surface area contributed by atoms with Crippen molar-refractivity contribution in [1.82, 2.24) is 9.55 Å². The molecule has 0 unspecified atom stereocenters. The van der Waals surface area contributed by atoms with Gasteiger partial charge in [0.1, 0.15) is 5.82 Å². The second-order valence-corrected chi connectivity index (χ2v) is 6.28. The van der Waals surface area contributed by atoms with E-state index in [4.69, 9.17) is 16.6 Å². The van der Waals surface area contributed by atoms with E-state index in [1.165, 1.54) is 0 Å². The van der Waals surface area contributed by atoms with E-state index in [1.54, 1.807) is 22.8 Å². The van der Waals surface area contributed by atoms with Crippen LogP contribution in [0.4, 0.5) is 0 Å². The van der Waals surface area contributed by atoms with E-state index in [2.05, 4.69) is 0 Å². The molecule has 0 aliphatic carbocycles. The molecule has 0 radical (unpaired) electrons. The third kappa shape index (κ3) is 3.06. The summed E-state index contributed by atoms with van der Waals surface area (Å²) < 4.78 is 1.71. The SMILES string of the molecule is O=c1c2cc(Cl)ccc2nc(-c2ccccc2)n1Cc1ccccc1. The first-order chi connectivity index (χ1) is 12.2. The van der Waals surface area contributed by atoms with E-state index >= 15 is 0 Å². The molecule has 4 aromatic rings. The number of halogens is 1. The van der Waals surface area contributed by atoms with Crippen LogP contribution in [0.25, 0.3) is 22.3 Å². The molecule has 0 bridgehead atoms. The highest BCUT2D eigenvalue weighted by molar-refractivity contribution is 6.31. The average molecular weight is 347 g/mol. The van der Waals surface area contributed by atoms with Crippen LogP contribution in [0.2, 0.25) is 5.02 Å². The lowest BCUT2D eigenvalue weighted by atomic mass is 10.1. The van der Waals surface area contributed by atoms with Crippen LogP contribution < -0.4 is 5.56 Å². The fourth-order valence-corrected chi connectivity index (χ4v) is 3.09. The first-order valence-electron chi connectivity index (χ1n) is 8.02. The monoisotopic (exact) mass is 346 g/mol. The number of hydrogen-bond donors (Lipinski definition) is 0. The van der Waals surface area contributed by atoms with Gasteiger partial charge in [-0.1, -0.05) is 72.3 Å². The van der Waals surface area contributed by atoms with E-state index < -0.39 is 0 Å². The molecule has 0 fully saturated rings. The topological polar surface area (TPSA) is 34.9 Å². The van der Waals surface area contributed by atoms with Crippen LogP contribution in [0.3, 0.4) is 0 Å². The predicted molar refractivity (Wildman–Crippen MR) is 102 cm³/mol. The summed E-state index contributed by atoms with van der Waals surface area (Å²) in [4.78, 5) is 17.9. The van der Waals surface area contributed by atoms with Gasteiger partial charge in [0.2, 0.25) is 0 Å². The van der Waals surface area contributed by atoms with Gasteiger partial charge in [-0.05, 0) is 23.8 Å². The Morgan fingerprint density at radius 1 is 0.880 bits per heavy atom.